The Balaban J connectivity index is 0.00000200. The maximum atomic E-state index is 12.1. The Labute approximate surface area is 127 Å². The van der Waals surface area contributed by atoms with Crippen LogP contribution in [0.15, 0.2) is 30.3 Å². The third-order valence-corrected chi connectivity index (χ3v) is 4.00. The summed E-state index contributed by atoms with van der Waals surface area (Å²) < 4.78 is 0. The van der Waals surface area contributed by atoms with E-state index >= 15 is 0 Å². The second-order valence-corrected chi connectivity index (χ2v) is 5.76. The molecule has 0 saturated heterocycles. The van der Waals surface area contributed by atoms with E-state index in [0.29, 0.717) is 12.5 Å². The largest absolute Gasteiger partial charge is 0.352 e. The highest BCUT2D eigenvalue weighted by Gasteiger charge is 2.22. The molecule has 0 radical (unpaired) electrons. The topological polar surface area (TPSA) is 55.1 Å². The first-order valence-corrected chi connectivity index (χ1v) is 7.25. The highest BCUT2D eigenvalue weighted by atomic mass is 35.5. The van der Waals surface area contributed by atoms with Gasteiger partial charge in [0, 0.05) is 6.04 Å². The minimum atomic E-state index is -0.443. The molecule has 1 aliphatic carbocycles. The molecule has 1 unspecified atom stereocenters. The summed E-state index contributed by atoms with van der Waals surface area (Å²) in [6, 6.07) is 9.82. The predicted octanol–water partition coefficient (Wildman–Crippen LogP) is 2.67. The number of rotatable bonds is 4. The molecule has 0 aromatic heterocycles. The van der Waals surface area contributed by atoms with Gasteiger partial charge in [0.25, 0.3) is 0 Å². The molecule has 1 aromatic rings. The van der Waals surface area contributed by atoms with Crippen molar-refractivity contribution in [3.8, 4) is 0 Å². The fourth-order valence-corrected chi connectivity index (χ4v) is 2.67. The maximum absolute atomic E-state index is 12.1. The van der Waals surface area contributed by atoms with Crippen LogP contribution in [0.25, 0.3) is 0 Å². The minimum absolute atomic E-state index is 0. The van der Waals surface area contributed by atoms with Crippen LogP contribution in [-0.4, -0.2) is 18.0 Å². The van der Waals surface area contributed by atoms with Gasteiger partial charge in [0.1, 0.15) is 0 Å². The number of hydrogen-bond donors (Lipinski definition) is 2. The first-order chi connectivity index (χ1) is 9.15. The maximum Gasteiger partial charge on any atom is 0.237 e. The molecule has 1 atom stereocenters. The molecular formula is C16H25ClN2O. The molecule has 0 bridgehead atoms. The lowest BCUT2D eigenvalue weighted by atomic mass is 9.87. The van der Waals surface area contributed by atoms with Crippen molar-refractivity contribution < 1.29 is 4.79 Å². The molecule has 1 aliphatic rings. The lowest BCUT2D eigenvalue weighted by molar-refractivity contribution is -0.123. The van der Waals surface area contributed by atoms with Gasteiger partial charge < -0.3 is 11.1 Å². The summed E-state index contributed by atoms with van der Waals surface area (Å²) in [6.07, 6.45) is 5.20. The van der Waals surface area contributed by atoms with Gasteiger partial charge in [0.15, 0.2) is 0 Å². The van der Waals surface area contributed by atoms with Gasteiger partial charge in [-0.25, -0.2) is 0 Å². The zero-order valence-electron chi connectivity index (χ0n) is 12.0. The van der Waals surface area contributed by atoms with Crippen LogP contribution in [0.1, 0.15) is 38.2 Å². The summed E-state index contributed by atoms with van der Waals surface area (Å²) in [5.74, 6) is 0.787. The number of nitrogens with two attached hydrogens (primary N) is 1. The first kappa shape index (κ1) is 17.0. The average molecular weight is 297 g/mol. The number of carbonyl (C=O) groups is 1. The molecule has 112 valence electrons. The van der Waals surface area contributed by atoms with Crippen LogP contribution in [0.5, 0.6) is 0 Å². The summed E-state index contributed by atoms with van der Waals surface area (Å²) in [5, 5.41) is 3.10. The highest BCUT2D eigenvalue weighted by molar-refractivity contribution is 5.85. The second-order valence-electron chi connectivity index (χ2n) is 5.76. The average Bonchev–Trinajstić information content (AvgIpc) is 2.42. The summed E-state index contributed by atoms with van der Waals surface area (Å²) in [6.45, 7) is 2.28. The molecule has 0 heterocycles. The lowest BCUT2D eigenvalue weighted by Gasteiger charge is -2.27. The molecule has 20 heavy (non-hydrogen) atoms. The van der Waals surface area contributed by atoms with E-state index in [1.807, 2.05) is 30.3 Å². The van der Waals surface area contributed by atoms with E-state index in [-0.39, 0.29) is 18.3 Å². The molecule has 3 nitrogen and oxygen atoms in total. The van der Waals surface area contributed by atoms with Crippen LogP contribution in [0.3, 0.4) is 0 Å². The van der Waals surface area contributed by atoms with Crippen molar-refractivity contribution in [1.29, 1.82) is 0 Å². The van der Waals surface area contributed by atoms with Gasteiger partial charge in [0.2, 0.25) is 5.91 Å². The number of hydrogen-bond acceptors (Lipinski definition) is 2. The molecule has 0 spiro atoms. The summed E-state index contributed by atoms with van der Waals surface area (Å²) in [4.78, 5) is 12.1. The Morgan fingerprint density at radius 3 is 2.45 bits per heavy atom. The van der Waals surface area contributed by atoms with E-state index in [1.165, 1.54) is 12.8 Å². The van der Waals surface area contributed by atoms with Crippen molar-refractivity contribution in [2.75, 3.05) is 0 Å². The van der Waals surface area contributed by atoms with E-state index in [9.17, 15) is 4.79 Å². The van der Waals surface area contributed by atoms with Crippen molar-refractivity contribution >= 4 is 18.3 Å². The summed E-state index contributed by atoms with van der Waals surface area (Å²) >= 11 is 0. The van der Waals surface area contributed by atoms with Gasteiger partial charge in [0.05, 0.1) is 6.04 Å². The van der Waals surface area contributed by atoms with Crippen molar-refractivity contribution in [3.63, 3.8) is 0 Å². The van der Waals surface area contributed by atoms with Crippen molar-refractivity contribution in [2.45, 2.75) is 51.1 Å². The number of carbonyl (C=O) groups excluding carboxylic acids is 1. The van der Waals surface area contributed by atoms with E-state index in [2.05, 4.69) is 12.2 Å². The number of amides is 1. The Kier molecular flexibility index (Phi) is 7.03. The van der Waals surface area contributed by atoms with Crippen LogP contribution >= 0.6 is 12.4 Å². The van der Waals surface area contributed by atoms with Crippen molar-refractivity contribution in [1.82, 2.24) is 5.32 Å². The van der Waals surface area contributed by atoms with Gasteiger partial charge in [-0.1, -0.05) is 37.3 Å². The normalized spacial score (nSPS) is 23.5. The Hall–Kier alpha value is -1.06. The fourth-order valence-electron chi connectivity index (χ4n) is 2.67. The van der Waals surface area contributed by atoms with Crippen LogP contribution in [0.2, 0.25) is 0 Å². The number of halogens is 1. The SMILES string of the molecule is CC1CCC(NC(=O)C(N)Cc2ccccc2)CC1.Cl. The van der Waals surface area contributed by atoms with Crippen LogP contribution in [0.4, 0.5) is 0 Å². The zero-order chi connectivity index (χ0) is 13.7. The highest BCUT2D eigenvalue weighted by Crippen LogP contribution is 2.23. The molecule has 1 saturated carbocycles. The van der Waals surface area contributed by atoms with Gasteiger partial charge in [-0.3, -0.25) is 4.79 Å². The van der Waals surface area contributed by atoms with E-state index < -0.39 is 6.04 Å². The predicted molar refractivity (Wildman–Crippen MR) is 84.9 cm³/mol. The molecule has 1 fully saturated rings. The third kappa shape index (κ3) is 5.14. The number of benzene rings is 1. The van der Waals surface area contributed by atoms with Crippen LogP contribution in [-0.2, 0) is 11.2 Å². The Bertz CT molecular complexity index is 402. The Morgan fingerprint density at radius 2 is 1.85 bits per heavy atom. The molecule has 0 aliphatic heterocycles. The molecule has 1 amide bonds. The smallest absolute Gasteiger partial charge is 0.237 e. The molecule has 2 rings (SSSR count). The fraction of sp³-hybridized carbons (Fsp3) is 0.562. The van der Waals surface area contributed by atoms with Crippen LogP contribution in [0, 0.1) is 5.92 Å². The van der Waals surface area contributed by atoms with Crippen molar-refractivity contribution in [3.05, 3.63) is 35.9 Å². The van der Waals surface area contributed by atoms with Gasteiger partial charge in [-0.2, -0.15) is 0 Å². The van der Waals surface area contributed by atoms with E-state index in [0.717, 1.165) is 24.3 Å². The Morgan fingerprint density at radius 1 is 1.25 bits per heavy atom. The summed E-state index contributed by atoms with van der Waals surface area (Å²) in [5.41, 5.74) is 7.10. The van der Waals surface area contributed by atoms with Gasteiger partial charge in [-0.05, 0) is 43.6 Å². The second kappa shape index (κ2) is 8.28. The standard InChI is InChI=1S/C16H24N2O.ClH/c1-12-7-9-14(10-8-12)18-16(19)15(17)11-13-5-3-2-4-6-13;/h2-6,12,14-15H,7-11,17H2,1H3,(H,18,19);1H. The molecular weight excluding hydrogens is 272 g/mol. The molecule has 4 heteroatoms. The van der Waals surface area contributed by atoms with Gasteiger partial charge >= 0.3 is 0 Å². The minimum Gasteiger partial charge on any atom is -0.352 e. The molecule has 3 N–H and O–H groups in total. The third-order valence-electron chi connectivity index (χ3n) is 4.00. The number of nitrogens with one attached hydrogen (secondary N) is 1. The van der Waals surface area contributed by atoms with E-state index in [4.69, 9.17) is 5.73 Å². The first-order valence-electron chi connectivity index (χ1n) is 7.25. The lowest BCUT2D eigenvalue weighted by Crippen LogP contribution is -2.47. The molecule has 1 aromatic carbocycles. The zero-order valence-corrected chi connectivity index (χ0v) is 12.9. The van der Waals surface area contributed by atoms with Gasteiger partial charge in [-0.15, -0.1) is 12.4 Å². The monoisotopic (exact) mass is 296 g/mol. The quantitative estimate of drug-likeness (QED) is 0.897. The van der Waals surface area contributed by atoms with E-state index in [1.54, 1.807) is 0 Å². The van der Waals surface area contributed by atoms with Crippen molar-refractivity contribution in [2.24, 2.45) is 11.7 Å². The summed E-state index contributed by atoms with van der Waals surface area (Å²) in [7, 11) is 0. The van der Waals surface area contributed by atoms with Crippen LogP contribution < -0.4 is 11.1 Å².